The second-order valence-corrected chi connectivity index (χ2v) is 5.56. The van der Waals surface area contributed by atoms with Crippen LogP contribution in [0.25, 0.3) is 0 Å². The van der Waals surface area contributed by atoms with Crippen molar-refractivity contribution in [3.05, 3.63) is 12.2 Å². The number of ether oxygens (including phenoxy) is 1. The second kappa shape index (κ2) is 8.76. The Balaban J connectivity index is 4.54. The molecule has 0 fully saturated rings. The molecule has 0 radical (unpaired) electrons. The van der Waals surface area contributed by atoms with Gasteiger partial charge in [0.15, 0.2) is 5.72 Å². The zero-order valence-electron chi connectivity index (χ0n) is 13.0. The minimum absolute atomic E-state index is 0.0614. The van der Waals surface area contributed by atoms with Crippen LogP contribution in [0.1, 0.15) is 27.7 Å². The molecule has 0 aliphatic carbocycles. The molecule has 0 heterocycles. The molecule has 0 rings (SSSR count). The molecule has 122 valence electrons. The minimum atomic E-state index is -1.48. The number of rotatable bonds is 8. The number of amides is 1. The van der Waals surface area contributed by atoms with E-state index in [0.717, 1.165) is 12.2 Å². The summed E-state index contributed by atoms with van der Waals surface area (Å²) in [4.78, 5) is 23.2. The SMILES string of the molecule is CC(C)[C@@H](CO)NC(=O)/C=C/C(=O)O[C@](N)(CO)C(C)C. The molecule has 7 nitrogen and oxygen atoms in total. The number of hydrogen-bond donors (Lipinski definition) is 4. The maximum Gasteiger partial charge on any atom is 0.332 e. The van der Waals surface area contributed by atoms with Crippen LogP contribution in [0.3, 0.4) is 0 Å². The van der Waals surface area contributed by atoms with Gasteiger partial charge in [-0.1, -0.05) is 27.7 Å². The van der Waals surface area contributed by atoms with E-state index >= 15 is 0 Å². The molecular weight excluding hydrogens is 276 g/mol. The Morgan fingerprint density at radius 2 is 1.81 bits per heavy atom. The molecule has 7 heteroatoms. The topological polar surface area (TPSA) is 122 Å². The summed E-state index contributed by atoms with van der Waals surface area (Å²) in [6.45, 7) is 6.41. The number of aliphatic hydroxyl groups is 2. The van der Waals surface area contributed by atoms with Gasteiger partial charge in [0.2, 0.25) is 5.91 Å². The van der Waals surface area contributed by atoms with Crippen molar-refractivity contribution < 1.29 is 24.5 Å². The van der Waals surface area contributed by atoms with Gasteiger partial charge in [0.25, 0.3) is 0 Å². The molecule has 1 amide bonds. The molecule has 0 unspecified atom stereocenters. The Labute approximate surface area is 125 Å². The Morgan fingerprint density at radius 3 is 2.19 bits per heavy atom. The Morgan fingerprint density at radius 1 is 1.24 bits per heavy atom. The van der Waals surface area contributed by atoms with Gasteiger partial charge in [-0.2, -0.15) is 0 Å². The van der Waals surface area contributed by atoms with E-state index in [1.165, 1.54) is 0 Å². The molecule has 0 aliphatic rings. The lowest BCUT2D eigenvalue weighted by atomic mass is 10.0. The van der Waals surface area contributed by atoms with Gasteiger partial charge in [0.05, 0.1) is 19.3 Å². The number of nitrogens with two attached hydrogens (primary N) is 1. The Hall–Kier alpha value is -1.44. The van der Waals surface area contributed by atoms with Gasteiger partial charge < -0.3 is 20.3 Å². The number of esters is 1. The predicted octanol–water partition coefficient (Wildman–Crippen LogP) is -0.478. The highest BCUT2D eigenvalue weighted by molar-refractivity contribution is 5.94. The van der Waals surface area contributed by atoms with Gasteiger partial charge in [-0.15, -0.1) is 0 Å². The molecule has 0 saturated carbocycles. The van der Waals surface area contributed by atoms with E-state index in [-0.39, 0.29) is 24.5 Å². The fourth-order valence-corrected chi connectivity index (χ4v) is 1.35. The fraction of sp³-hybridized carbons (Fsp3) is 0.714. The normalized spacial score (nSPS) is 16.0. The van der Waals surface area contributed by atoms with E-state index in [2.05, 4.69) is 5.32 Å². The smallest absolute Gasteiger partial charge is 0.332 e. The van der Waals surface area contributed by atoms with Crippen molar-refractivity contribution in [1.82, 2.24) is 5.32 Å². The second-order valence-electron chi connectivity index (χ2n) is 5.56. The van der Waals surface area contributed by atoms with E-state index in [1.54, 1.807) is 13.8 Å². The summed E-state index contributed by atoms with van der Waals surface area (Å²) in [5, 5.41) is 20.8. The van der Waals surface area contributed by atoms with E-state index in [1.807, 2.05) is 13.8 Å². The van der Waals surface area contributed by atoms with Crippen LogP contribution in [-0.2, 0) is 14.3 Å². The quantitative estimate of drug-likeness (QED) is 0.273. The lowest BCUT2D eigenvalue weighted by Gasteiger charge is -2.30. The standard InChI is InChI=1S/C14H26N2O5/c1-9(2)11(7-17)16-12(19)5-6-13(20)21-14(15,8-18)10(3)4/h5-6,9-11,17-18H,7-8,15H2,1-4H3,(H,16,19)/b6-5+/t11-,14-/m1/s1. The van der Waals surface area contributed by atoms with Crippen molar-refractivity contribution in [3.63, 3.8) is 0 Å². The zero-order chi connectivity index (χ0) is 16.6. The summed E-state index contributed by atoms with van der Waals surface area (Å²) >= 11 is 0. The highest BCUT2D eigenvalue weighted by atomic mass is 16.6. The number of aliphatic hydroxyl groups excluding tert-OH is 2. The van der Waals surface area contributed by atoms with Gasteiger partial charge in [0, 0.05) is 18.1 Å². The number of carbonyl (C=O) groups is 2. The molecule has 0 aromatic heterocycles. The summed E-state index contributed by atoms with van der Waals surface area (Å²) in [7, 11) is 0. The molecule has 0 bridgehead atoms. The molecular formula is C14H26N2O5. The first-order valence-electron chi connectivity index (χ1n) is 6.88. The van der Waals surface area contributed by atoms with E-state index < -0.39 is 24.2 Å². The van der Waals surface area contributed by atoms with Crippen molar-refractivity contribution in [3.8, 4) is 0 Å². The van der Waals surface area contributed by atoms with Crippen LogP contribution in [0, 0.1) is 11.8 Å². The predicted molar refractivity (Wildman–Crippen MR) is 77.9 cm³/mol. The summed E-state index contributed by atoms with van der Waals surface area (Å²) < 4.78 is 4.95. The number of carbonyl (C=O) groups excluding carboxylic acids is 2. The average molecular weight is 302 g/mol. The summed E-state index contributed by atoms with van der Waals surface area (Å²) in [5.74, 6) is -1.56. The van der Waals surface area contributed by atoms with Crippen LogP contribution < -0.4 is 11.1 Å². The third-order valence-corrected chi connectivity index (χ3v) is 3.21. The van der Waals surface area contributed by atoms with Crippen molar-refractivity contribution in [2.45, 2.75) is 39.5 Å². The van der Waals surface area contributed by atoms with Crippen molar-refractivity contribution in [1.29, 1.82) is 0 Å². The van der Waals surface area contributed by atoms with Crippen LogP contribution in [0.2, 0.25) is 0 Å². The van der Waals surface area contributed by atoms with Crippen molar-refractivity contribution in [2.75, 3.05) is 13.2 Å². The third-order valence-electron chi connectivity index (χ3n) is 3.21. The first kappa shape index (κ1) is 19.6. The van der Waals surface area contributed by atoms with Crippen LogP contribution in [-0.4, -0.2) is 47.1 Å². The Bertz CT molecular complexity index is 382. The summed E-state index contributed by atoms with van der Waals surface area (Å²) in [6.07, 6.45) is 1.94. The molecule has 21 heavy (non-hydrogen) atoms. The molecule has 0 saturated heterocycles. The zero-order valence-corrected chi connectivity index (χ0v) is 13.0. The Kier molecular flexibility index (Phi) is 8.16. The molecule has 5 N–H and O–H groups in total. The van der Waals surface area contributed by atoms with Gasteiger partial charge >= 0.3 is 5.97 Å². The lowest BCUT2D eigenvalue weighted by Crippen LogP contribution is -2.52. The van der Waals surface area contributed by atoms with Crippen LogP contribution in [0.5, 0.6) is 0 Å². The molecule has 0 aromatic rings. The third kappa shape index (κ3) is 6.70. The van der Waals surface area contributed by atoms with E-state index in [4.69, 9.17) is 20.7 Å². The molecule has 0 aromatic carbocycles. The first-order chi connectivity index (χ1) is 9.66. The lowest BCUT2D eigenvalue weighted by molar-refractivity contribution is -0.163. The minimum Gasteiger partial charge on any atom is -0.438 e. The van der Waals surface area contributed by atoms with Gasteiger partial charge in [-0.25, -0.2) is 4.79 Å². The number of nitrogens with one attached hydrogen (secondary N) is 1. The van der Waals surface area contributed by atoms with Gasteiger partial charge in [-0.05, 0) is 5.92 Å². The monoisotopic (exact) mass is 302 g/mol. The van der Waals surface area contributed by atoms with Crippen LogP contribution >= 0.6 is 0 Å². The van der Waals surface area contributed by atoms with Gasteiger partial charge in [-0.3, -0.25) is 10.5 Å². The highest BCUT2D eigenvalue weighted by Gasteiger charge is 2.32. The maximum absolute atomic E-state index is 11.6. The summed E-state index contributed by atoms with van der Waals surface area (Å²) in [6, 6.07) is -0.389. The molecule has 2 atom stereocenters. The largest absolute Gasteiger partial charge is 0.438 e. The first-order valence-corrected chi connectivity index (χ1v) is 6.88. The summed E-state index contributed by atoms with van der Waals surface area (Å²) in [5.41, 5.74) is 4.25. The highest BCUT2D eigenvalue weighted by Crippen LogP contribution is 2.15. The van der Waals surface area contributed by atoms with Crippen molar-refractivity contribution >= 4 is 11.9 Å². The molecule has 0 aliphatic heterocycles. The molecule has 0 spiro atoms. The van der Waals surface area contributed by atoms with E-state index in [9.17, 15) is 9.59 Å². The van der Waals surface area contributed by atoms with Gasteiger partial charge in [0.1, 0.15) is 0 Å². The average Bonchev–Trinajstić information content (AvgIpc) is 2.41. The van der Waals surface area contributed by atoms with E-state index in [0.29, 0.717) is 0 Å². The maximum atomic E-state index is 11.6. The van der Waals surface area contributed by atoms with Crippen LogP contribution in [0.4, 0.5) is 0 Å². The number of hydrogen-bond acceptors (Lipinski definition) is 6. The van der Waals surface area contributed by atoms with Crippen LogP contribution in [0.15, 0.2) is 12.2 Å². The fourth-order valence-electron chi connectivity index (χ4n) is 1.35. The van der Waals surface area contributed by atoms with Crippen molar-refractivity contribution in [2.24, 2.45) is 17.6 Å².